The summed E-state index contributed by atoms with van der Waals surface area (Å²) in [5.74, 6) is 0.867. The van der Waals surface area contributed by atoms with Gasteiger partial charge in [0.2, 0.25) is 11.8 Å². The van der Waals surface area contributed by atoms with Crippen molar-refractivity contribution in [1.29, 1.82) is 0 Å². The number of nitrogens with zero attached hydrogens (tertiary/aromatic N) is 4. The van der Waals surface area contributed by atoms with E-state index in [-0.39, 0.29) is 11.7 Å². The van der Waals surface area contributed by atoms with Crippen LogP contribution in [0.25, 0.3) is 11.5 Å². The third kappa shape index (κ3) is 3.50. The maximum absolute atomic E-state index is 10.7. The van der Waals surface area contributed by atoms with Gasteiger partial charge in [0.05, 0.1) is 11.5 Å². The molecule has 8 heteroatoms. The molecule has 0 bridgehead atoms. The summed E-state index contributed by atoms with van der Waals surface area (Å²) in [7, 11) is 2.00. The van der Waals surface area contributed by atoms with Crippen molar-refractivity contribution < 1.29 is 9.34 Å². The fourth-order valence-electron chi connectivity index (χ4n) is 2.26. The van der Waals surface area contributed by atoms with Crippen molar-refractivity contribution in [2.24, 2.45) is 0 Å². The van der Waals surface area contributed by atoms with Crippen molar-refractivity contribution in [2.45, 2.75) is 19.5 Å². The maximum Gasteiger partial charge on any atom is 0.269 e. The Labute approximate surface area is 142 Å². The van der Waals surface area contributed by atoms with E-state index < -0.39 is 4.92 Å². The summed E-state index contributed by atoms with van der Waals surface area (Å²) >= 11 is 1.71. The van der Waals surface area contributed by atoms with Gasteiger partial charge in [0.1, 0.15) is 0 Å². The van der Waals surface area contributed by atoms with Crippen molar-refractivity contribution in [3.8, 4) is 11.5 Å². The zero-order valence-corrected chi connectivity index (χ0v) is 14.1. The molecule has 7 nitrogen and oxygen atoms in total. The fraction of sp³-hybridized carbons (Fsp3) is 0.250. The molecule has 1 atom stereocenters. The van der Waals surface area contributed by atoms with E-state index in [4.69, 9.17) is 4.42 Å². The minimum atomic E-state index is -0.441. The molecule has 0 aliphatic carbocycles. The highest BCUT2D eigenvalue weighted by Gasteiger charge is 2.17. The van der Waals surface area contributed by atoms with Crippen LogP contribution in [0.4, 0.5) is 5.69 Å². The largest absolute Gasteiger partial charge is 0.419 e. The summed E-state index contributed by atoms with van der Waals surface area (Å²) in [6, 6.07) is 10.4. The Morgan fingerprint density at radius 1 is 1.29 bits per heavy atom. The zero-order valence-electron chi connectivity index (χ0n) is 13.2. The van der Waals surface area contributed by atoms with E-state index in [9.17, 15) is 10.1 Å². The number of hydrogen-bond donors (Lipinski definition) is 0. The minimum absolute atomic E-state index is 0.0306. The molecule has 0 spiro atoms. The lowest BCUT2D eigenvalue weighted by molar-refractivity contribution is -0.384. The summed E-state index contributed by atoms with van der Waals surface area (Å²) in [6.07, 6.45) is 0. The van der Waals surface area contributed by atoms with E-state index in [2.05, 4.69) is 33.5 Å². The molecule has 1 aromatic carbocycles. The number of thiophene rings is 1. The number of benzene rings is 1. The second-order valence-corrected chi connectivity index (χ2v) is 6.39. The van der Waals surface area contributed by atoms with Crippen molar-refractivity contribution >= 4 is 17.0 Å². The summed E-state index contributed by atoms with van der Waals surface area (Å²) in [4.78, 5) is 13.6. The molecular weight excluding hydrogens is 328 g/mol. The second kappa shape index (κ2) is 6.90. The minimum Gasteiger partial charge on any atom is -0.419 e. The number of nitro groups is 1. The van der Waals surface area contributed by atoms with Crippen LogP contribution >= 0.6 is 11.3 Å². The predicted octanol–water partition coefficient (Wildman–Crippen LogP) is 3.90. The van der Waals surface area contributed by atoms with E-state index >= 15 is 0 Å². The van der Waals surface area contributed by atoms with Crippen LogP contribution in [0.3, 0.4) is 0 Å². The van der Waals surface area contributed by atoms with Crippen LogP contribution in [0.15, 0.2) is 46.2 Å². The van der Waals surface area contributed by atoms with E-state index in [1.165, 1.54) is 17.0 Å². The lowest BCUT2D eigenvalue weighted by Gasteiger charge is -2.21. The molecule has 0 aliphatic heterocycles. The fourth-order valence-corrected chi connectivity index (χ4v) is 3.10. The van der Waals surface area contributed by atoms with Crippen molar-refractivity contribution in [3.63, 3.8) is 0 Å². The van der Waals surface area contributed by atoms with E-state index in [1.807, 2.05) is 13.1 Å². The Bertz CT molecular complexity index is 814. The van der Waals surface area contributed by atoms with E-state index in [0.717, 1.165) is 0 Å². The quantitative estimate of drug-likeness (QED) is 0.498. The molecule has 0 N–H and O–H groups in total. The number of non-ortho nitro benzene ring substituents is 1. The van der Waals surface area contributed by atoms with Gasteiger partial charge in [-0.2, -0.15) is 0 Å². The SMILES string of the molecule is CC(c1cccs1)N(C)Cc1nnc(-c2ccc([N+](=O)[O-])cc2)o1. The van der Waals surface area contributed by atoms with Gasteiger partial charge < -0.3 is 4.42 Å². The molecule has 0 fully saturated rings. The molecule has 0 saturated heterocycles. The Kier molecular flexibility index (Phi) is 4.68. The first-order valence-electron chi connectivity index (χ1n) is 7.35. The van der Waals surface area contributed by atoms with Gasteiger partial charge in [-0.25, -0.2) is 0 Å². The highest BCUT2D eigenvalue weighted by atomic mass is 32.1. The molecule has 124 valence electrons. The average molecular weight is 344 g/mol. The van der Waals surface area contributed by atoms with Crippen LogP contribution in [-0.2, 0) is 6.54 Å². The van der Waals surface area contributed by atoms with Gasteiger partial charge in [-0.3, -0.25) is 15.0 Å². The summed E-state index contributed by atoms with van der Waals surface area (Å²) in [5.41, 5.74) is 0.691. The molecule has 2 aromatic heterocycles. The molecule has 24 heavy (non-hydrogen) atoms. The Morgan fingerprint density at radius 3 is 2.67 bits per heavy atom. The third-order valence-corrected chi connectivity index (χ3v) is 4.84. The first kappa shape index (κ1) is 16.3. The smallest absolute Gasteiger partial charge is 0.269 e. The van der Waals surface area contributed by atoms with Crippen LogP contribution in [-0.4, -0.2) is 27.1 Å². The van der Waals surface area contributed by atoms with Gasteiger partial charge in [0, 0.05) is 28.6 Å². The molecule has 0 amide bonds. The molecule has 0 saturated carbocycles. The average Bonchev–Trinajstić information content (AvgIpc) is 3.26. The summed E-state index contributed by atoms with van der Waals surface area (Å²) < 4.78 is 5.68. The number of nitro benzene ring substituents is 1. The topological polar surface area (TPSA) is 85.3 Å². The zero-order chi connectivity index (χ0) is 17.1. The van der Waals surface area contributed by atoms with Gasteiger partial charge in [-0.05, 0) is 37.6 Å². The van der Waals surface area contributed by atoms with Crippen LogP contribution in [0.5, 0.6) is 0 Å². The van der Waals surface area contributed by atoms with E-state index in [0.29, 0.717) is 23.9 Å². The molecule has 1 unspecified atom stereocenters. The first-order chi connectivity index (χ1) is 11.5. The summed E-state index contributed by atoms with van der Waals surface area (Å²) in [6.45, 7) is 2.65. The third-order valence-electron chi connectivity index (χ3n) is 3.79. The summed E-state index contributed by atoms with van der Waals surface area (Å²) in [5, 5.41) is 20.8. The second-order valence-electron chi connectivity index (χ2n) is 5.41. The first-order valence-corrected chi connectivity index (χ1v) is 8.23. The van der Waals surface area contributed by atoms with Crippen LogP contribution in [0.1, 0.15) is 23.7 Å². The van der Waals surface area contributed by atoms with Gasteiger partial charge in [0.15, 0.2) is 0 Å². The Hall–Kier alpha value is -2.58. The normalized spacial score (nSPS) is 12.5. The maximum atomic E-state index is 10.7. The highest BCUT2D eigenvalue weighted by molar-refractivity contribution is 7.10. The van der Waals surface area contributed by atoms with Crippen LogP contribution in [0, 0.1) is 10.1 Å². The molecule has 0 radical (unpaired) electrons. The van der Waals surface area contributed by atoms with Gasteiger partial charge in [-0.1, -0.05) is 6.07 Å². The molecule has 0 aliphatic rings. The van der Waals surface area contributed by atoms with Gasteiger partial charge in [0.25, 0.3) is 5.69 Å². The lowest BCUT2D eigenvalue weighted by atomic mass is 10.2. The monoisotopic (exact) mass is 344 g/mol. The van der Waals surface area contributed by atoms with Crippen LogP contribution < -0.4 is 0 Å². The Balaban J connectivity index is 1.70. The predicted molar refractivity (Wildman–Crippen MR) is 90.6 cm³/mol. The molecule has 3 rings (SSSR count). The molecule has 3 aromatic rings. The molecular formula is C16H16N4O3S. The van der Waals surface area contributed by atoms with Crippen molar-refractivity contribution in [2.75, 3.05) is 7.05 Å². The Morgan fingerprint density at radius 2 is 2.04 bits per heavy atom. The standard InChI is InChI=1S/C16H16N4O3S/c1-11(14-4-3-9-24-14)19(2)10-15-17-18-16(23-15)12-5-7-13(8-6-12)20(21)22/h3-9,11H,10H2,1-2H3. The molecule has 2 heterocycles. The number of hydrogen-bond acceptors (Lipinski definition) is 7. The number of rotatable bonds is 6. The van der Waals surface area contributed by atoms with E-state index in [1.54, 1.807) is 23.5 Å². The van der Waals surface area contributed by atoms with Crippen LogP contribution in [0.2, 0.25) is 0 Å². The van der Waals surface area contributed by atoms with Crippen molar-refractivity contribution in [1.82, 2.24) is 15.1 Å². The van der Waals surface area contributed by atoms with Gasteiger partial charge >= 0.3 is 0 Å². The van der Waals surface area contributed by atoms with Gasteiger partial charge in [-0.15, -0.1) is 21.5 Å². The number of aromatic nitrogens is 2. The van der Waals surface area contributed by atoms with Crippen molar-refractivity contribution in [3.05, 3.63) is 62.7 Å². The lowest BCUT2D eigenvalue weighted by Crippen LogP contribution is -2.21. The highest BCUT2D eigenvalue weighted by Crippen LogP contribution is 2.26.